The summed E-state index contributed by atoms with van der Waals surface area (Å²) < 4.78 is 38.1. The third kappa shape index (κ3) is 4.33. The van der Waals surface area contributed by atoms with Crippen molar-refractivity contribution in [3.05, 3.63) is 30.1 Å². The Kier molecular flexibility index (Phi) is 4.66. The molecule has 0 spiro atoms. The van der Waals surface area contributed by atoms with Gasteiger partial charge in [-0.1, -0.05) is 0 Å². The lowest BCUT2D eigenvalue weighted by Gasteiger charge is -2.28. The molecule has 100 valence electrons. The van der Waals surface area contributed by atoms with Gasteiger partial charge in [-0.05, 0) is 24.7 Å². The van der Waals surface area contributed by atoms with Gasteiger partial charge in [0.15, 0.2) is 0 Å². The number of carboxylic acids is 1. The summed E-state index contributed by atoms with van der Waals surface area (Å²) in [6.07, 6.45) is -2.59. The molecular weight excluding hydrogens is 249 g/mol. The van der Waals surface area contributed by atoms with Crippen molar-refractivity contribution in [2.24, 2.45) is 0 Å². The zero-order valence-corrected chi connectivity index (χ0v) is 9.68. The van der Waals surface area contributed by atoms with Crippen LogP contribution in [-0.4, -0.2) is 40.2 Å². The van der Waals surface area contributed by atoms with E-state index in [-0.39, 0.29) is 6.54 Å². The van der Waals surface area contributed by atoms with E-state index >= 15 is 0 Å². The van der Waals surface area contributed by atoms with Crippen molar-refractivity contribution in [3.8, 4) is 0 Å². The largest absolute Gasteiger partial charge is 0.481 e. The smallest absolute Gasteiger partial charge is 0.404 e. The molecule has 0 saturated carbocycles. The van der Waals surface area contributed by atoms with Crippen LogP contribution in [0.15, 0.2) is 24.5 Å². The Morgan fingerprint density at radius 3 is 2.44 bits per heavy atom. The standard InChI is InChI=1S/C11H13F3N2O2/c1-16(7-8-2-4-15-5-3-8)9(6-10(17)18)11(12,13)14/h2-5,9H,6-7H2,1H3,(H,17,18). The Balaban J connectivity index is 2.77. The zero-order chi connectivity index (χ0) is 13.8. The first-order chi connectivity index (χ1) is 8.30. The Morgan fingerprint density at radius 2 is 2.00 bits per heavy atom. The molecule has 1 N–H and O–H groups in total. The van der Waals surface area contributed by atoms with Crippen LogP contribution in [0.2, 0.25) is 0 Å². The van der Waals surface area contributed by atoms with Crippen molar-refractivity contribution in [1.82, 2.24) is 9.88 Å². The highest BCUT2D eigenvalue weighted by atomic mass is 19.4. The van der Waals surface area contributed by atoms with Gasteiger partial charge in [0.1, 0.15) is 6.04 Å². The first-order valence-corrected chi connectivity index (χ1v) is 5.18. The number of carbonyl (C=O) groups is 1. The molecule has 0 saturated heterocycles. The number of pyridine rings is 1. The van der Waals surface area contributed by atoms with Gasteiger partial charge in [0, 0.05) is 18.9 Å². The maximum atomic E-state index is 12.7. The van der Waals surface area contributed by atoms with E-state index in [0.29, 0.717) is 5.56 Å². The summed E-state index contributed by atoms with van der Waals surface area (Å²) in [6.45, 7) is 0.0139. The van der Waals surface area contributed by atoms with E-state index in [1.807, 2.05) is 0 Å². The van der Waals surface area contributed by atoms with E-state index in [1.54, 1.807) is 12.1 Å². The summed E-state index contributed by atoms with van der Waals surface area (Å²) in [7, 11) is 1.25. The van der Waals surface area contributed by atoms with Gasteiger partial charge in [-0.15, -0.1) is 0 Å². The fourth-order valence-electron chi connectivity index (χ4n) is 1.57. The quantitative estimate of drug-likeness (QED) is 0.880. The number of aromatic nitrogens is 1. The van der Waals surface area contributed by atoms with Crippen LogP contribution < -0.4 is 0 Å². The van der Waals surface area contributed by atoms with Crippen LogP contribution in [0.5, 0.6) is 0 Å². The molecule has 0 bridgehead atoms. The normalized spacial score (nSPS) is 13.6. The summed E-state index contributed by atoms with van der Waals surface area (Å²) in [5.74, 6) is -1.47. The first-order valence-electron chi connectivity index (χ1n) is 5.18. The fourth-order valence-corrected chi connectivity index (χ4v) is 1.57. The lowest BCUT2D eigenvalue weighted by atomic mass is 10.1. The van der Waals surface area contributed by atoms with Crippen molar-refractivity contribution in [2.75, 3.05) is 7.05 Å². The molecule has 0 aromatic carbocycles. The van der Waals surface area contributed by atoms with E-state index in [4.69, 9.17) is 5.11 Å². The highest BCUT2D eigenvalue weighted by Crippen LogP contribution is 2.27. The number of rotatable bonds is 5. The molecule has 1 aromatic heterocycles. The summed E-state index contributed by atoms with van der Waals surface area (Å²) in [5, 5.41) is 8.53. The second kappa shape index (κ2) is 5.81. The van der Waals surface area contributed by atoms with E-state index in [9.17, 15) is 18.0 Å². The third-order valence-electron chi connectivity index (χ3n) is 2.46. The number of carboxylic acid groups (broad SMARTS) is 1. The monoisotopic (exact) mass is 262 g/mol. The van der Waals surface area contributed by atoms with Gasteiger partial charge in [-0.2, -0.15) is 13.2 Å². The van der Waals surface area contributed by atoms with E-state index in [2.05, 4.69) is 4.98 Å². The minimum Gasteiger partial charge on any atom is -0.481 e. The minimum atomic E-state index is -4.57. The van der Waals surface area contributed by atoms with Crippen LogP contribution in [0.1, 0.15) is 12.0 Å². The molecular formula is C11H13F3N2O2. The topological polar surface area (TPSA) is 53.4 Å². The molecule has 0 amide bonds. The summed E-state index contributed by atoms with van der Waals surface area (Å²) in [5.41, 5.74) is 0.645. The molecule has 1 aromatic rings. The average molecular weight is 262 g/mol. The van der Waals surface area contributed by atoms with Gasteiger partial charge < -0.3 is 5.11 Å². The number of aliphatic carboxylic acids is 1. The molecule has 1 atom stereocenters. The number of nitrogens with zero attached hydrogens (tertiary/aromatic N) is 2. The Hall–Kier alpha value is -1.63. The second-order valence-electron chi connectivity index (χ2n) is 3.93. The molecule has 4 nitrogen and oxygen atoms in total. The maximum Gasteiger partial charge on any atom is 0.404 e. The molecule has 18 heavy (non-hydrogen) atoms. The predicted octanol–water partition coefficient (Wildman–Crippen LogP) is 1.92. The van der Waals surface area contributed by atoms with Crippen molar-refractivity contribution in [3.63, 3.8) is 0 Å². The Morgan fingerprint density at radius 1 is 1.44 bits per heavy atom. The zero-order valence-electron chi connectivity index (χ0n) is 9.68. The molecule has 1 unspecified atom stereocenters. The van der Waals surface area contributed by atoms with Crippen molar-refractivity contribution in [2.45, 2.75) is 25.2 Å². The first kappa shape index (κ1) is 14.4. The number of halogens is 3. The van der Waals surface area contributed by atoms with Crippen LogP contribution in [-0.2, 0) is 11.3 Å². The fraction of sp³-hybridized carbons (Fsp3) is 0.455. The van der Waals surface area contributed by atoms with Crippen LogP contribution >= 0.6 is 0 Å². The van der Waals surface area contributed by atoms with Gasteiger partial charge in [0.05, 0.1) is 6.42 Å². The van der Waals surface area contributed by atoms with Gasteiger partial charge in [-0.3, -0.25) is 14.7 Å². The van der Waals surface area contributed by atoms with Crippen LogP contribution in [0.3, 0.4) is 0 Å². The summed E-state index contributed by atoms with van der Waals surface area (Å²) in [6, 6.07) is 1.18. The third-order valence-corrected chi connectivity index (χ3v) is 2.46. The Bertz CT molecular complexity index is 395. The molecule has 0 fully saturated rings. The summed E-state index contributed by atoms with van der Waals surface area (Å²) in [4.78, 5) is 15.2. The molecule has 1 heterocycles. The van der Waals surface area contributed by atoms with E-state index in [1.165, 1.54) is 19.4 Å². The molecule has 7 heteroatoms. The molecule has 0 aliphatic carbocycles. The Labute approximate surface area is 102 Å². The molecule has 0 aliphatic rings. The number of alkyl halides is 3. The highest BCUT2D eigenvalue weighted by Gasteiger charge is 2.43. The van der Waals surface area contributed by atoms with Gasteiger partial charge >= 0.3 is 12.1 Å². The lowest BCUT2D eigenvalue weighted by Crippen LogP contribution is -2.44. The van der Waals surface area contributed by atoms with E-state index in [0.717, 1.165) is 4.90 Å². The molecule has 0 radical (unpaired) electrons. The average Bonchev–Trinajstić information content (AvgIpc) is 2.25. The van der Waals surface area contributed by atoms with E-state index < -0.39 is 24.6 Å². The van der Waals surface area contributed by atoms with Crippen molar-refractivity contribution >= 4 is 5.97 Å². The SMILES string of the molecule is CN(Cc1ccncc1)C(CC(=O)O)C(F)(F)F. The minimum absolute atomic E-state index is 0.0139. The second-order valence-corrected chi connectivity index (χ2v) is 3.93. The van der Waals surface area contributed by atoms with Crippen molar-refractivity contribution in [1.29, 1.82) is 0 Å². The van der Waals surface area contributed by atoms with Gasteiger partial charge in [0.25, 0.3) is 0 Å². The highest BCUT2D eigenvalue weighted by molar-refractivity contribution is 5.67. The maximum absolute atomic E-state index is 12.7. The van der Waals surface area contributed by atoms with Gasteiger partial charge in [-0.25, -0.2) is 0 Å². The predicted molar refractivity (Wildman–Crippen MR) is 57.8 cm³/mol. The lowest BCUT2D eigenvalue weighted by molar-refractivity contribution is -0.188. The van der Waals surface area contributed by atoms with Gasteiger partial charge in [0.2, 0.25) is 0 Å². The number of hydrogen-bond acceptors (Lipinski definition) is 3. The van der Waals surface area contributed by atoms with Crippen LogP contribution in [0.4, 0.5) is 13.2 Å². The number of hydrogen-bond donors (Lipinski definition) is 1. The van der Waals surface area contributed by atoms with Crippen LogP contribution in [0.25, 0.3) is 0 Å². The van der Waals surface area contributed by atoms with Crippen molar-refractivity contribution < 1.29 is 23.1 Å². The van der Waals surface area contributed by atoms with Crippen LogP contribution in [0, 0.1) is 0 Å². The molecule has 1 rings (SSSR count). The molecule has 0 aliphatic heterocycles. The summed E-state index contributed by atoms with van der Waals surface area (Å²) >= 11 is 0.